The van der Waals surface area contributed by atoms with Gasteiger partial charge in [-0.15, -0.1) is 0 Å². The van der Waals surface area contributed by atoms with Gasteiger partial charge in [-0.2, -0.15) is 14.6 Å². The zero-order valence-electron chi connectivity index (χ0n) is 15.9. The van der Waals surface area contributed by atoms with Crippen molar-refractivity contribution in [1.29, 1.82) is 0 Å². The van der Waals surface area contributed by atoms with Crippen molar-refractivity contribution < 1.29 is 9.47 Å². The maximum Gasteiger partial charge on any atom is 0.254 e. The summed E-state index contributed by atoms with van der Waals surface area (Å²) in [4.78, 5) is 8.59. The smallest absolute Gasteiger partial charge is 0.254 e. The number of methoxy groups -OCH3 is 1. The predicted octanol–water partition coefficient (Wildman–Crippen LogP) is 3.37. The van der Waals surface area contributed by atoms with Gasteiger partial charge in [-0.25, -0.2) is 4.98 Å². The van der Waals surface area contributed by atoms with E-state index < -0.39 is 0 Å². The van der Waals surface area contributed by atoms with Gasteiger partial charge in [0.05, 0.1) is 12.3 Å². The standard InChI is InChI=1S/C19H25N5O2/c1-13-6-7-14(16(8-13)26-19(2,3)4)10-20-17-9-15(11-25-5)23-18-21-12-22-24(17)18/h6-9,12,20H,10-11H2,1-5H3. The van der Waals surface area contributed by atoms with Crippen molar-refractivity contribution in [3.63, 3.8) is 0 Å². The molecule has 0 saturated carbocycles. The van der Waals surface area contributed by atoms with Crippen LogP contribution in [-0.2, 0) is 17.9 Å². The van der Waals surface area contributed by atoms with Crippen LogP contribution in [0.4, 0.5) is 5.82 Å². The third-order valence-corrected chi connectivity index (χ3v) is 3.70. The Bertz CT molecular complexity index is 899. The Balaban J connectivity index is 1.87. The summed E-state index contributed by atoms with van der Waals surface area (Å²) >= 11 is 0. The lowest BCUT2D eigenvalue weighted by Gasteiger charge is -2.24. The fraction of sp³-hybridized carbons (Fsp3) is 0.421. The lowest BCUT2D eigenvalue weighted by atomic mass is 10.1. The maximum atomic E-state index is 6.13. The zero-order chi connectivity index (χ0) is 18.7. The number of aromatic nitrogens is 4. The first-order valence-corrected chi connectivity index (χ1v) is 8.57. The van der Waals surface area contributed by atoms with Crippen molar-refractivity contribution >= 4 is 11.6 Å². The third kappa shape index (κ3) is 4.29. The van der Waals surface area contributed by atoms with Crippen LogP contribution in [0.3, 0.4) is 0 Å². The molecule has 1 aromatic carbocycles. The number of rotatable bonds is 6. The summed E-state index contributed by atoms with van der Waals surface area (Å²) in [6, 6.07) is 8.15. The van der Waals surface area contributed by atoms with Gasteiger partial charge < -0.3 is 14.8 Å². The van der Waals surface area contributed by atoms with Crippen molar-refractivity contribution in [3.05, 3.63) is 47.4 Å². The van der Waals surface area contributed by atoms with E-state index in [0.717, 1.165) is 28.4 Å². The first kappa shape index (κ1) is 18.1. The molecule has 138 valence electrons. The Morgan fingerprint density at radius 3 is 2.73 bits per heavy atom. The van der Waals surface area contributed by atoms with E-state index in [0.29, 0.717) is 18.9 Å². The van der Waals surface area contributed by atoms with E-state index >= 15 is 0 Å². The summed E-state index contributed by atoms with van der Waals surface area (Å²) in [5.74, 6) is 2.23. The molecule has 0 aliphatic carbocycles. The SMILES string of the molecule is COCc1cc(NCc2ccc(C)cc2OC(C)(C)C)n2ncnc2n1. The zero-order valence-corrected chi connectivity index (χ0v) is 15.9. The number of hydrogen-bond acceptors (Lipinski definition) is 6. The molecule has 7 heteroatoms. The molecule has 0 bridgehead atoms. The van der Waals surface area contributed by atoms with Gasteiger partial charge in [-0.1, -0.05) is 12.1 Å². The first-order chi connectivity index (χ1) is 12.4. The van der Waals surface area contributed by atoms with Gasteiger partial charge in [-0.3, -0.25) is 0 Å². The van der Waals surface area contributed by atoms with Crippen LogP contribution >= 0.6 is 0 Å². The normalized spacial score (nSPS) is 11.7. The summed E-state index contributed by atoms with van der Waals surface area (Å²) in [6.45, 7) is 9.21. The molecule has 0 radical (unpaired) electrons. The quantitative estimate of drug-likeness (QED) is 0.731. The predicted molar refractivity (Wildman–Crippen MR) is 100 cm³/mol. The van der Waals surface area contributed by atoms with Gasteiger partial charge in [0.25, 0.3) is 5.78 Å². The van der Waals surface area contributed by atoms with Crippen molar-refractivity contribution in [2.75, 3.05) is 12.4 Å². The van der Waals surface area contributed by atoms with Gasteiger partial charge in [-0.05, 0) is 39.3 Å². The van der Waals surface area contributed by atoms with Crippen molar-refractivity contribution in [3.8, 4) is 5.75 Å². The van der Waals surface area contributed by atoms with Crippen LogP contribution in [0.1, 0.15) is 37.6 Å². The fourth-order valence-corrected chi connectivity index (χ4v) is 2.63. The summed E-state index contributed by atoms with van der Waals surface area (Å²) in [6.07, 6.45) is 1.49. The number of fused-ring (bicyclic) bond motifs is 1. The Hall–Kier alpha value is -2.67. The second-order valence-corrected chi connectivity index (χ2v) is 7.22. The van der Waals surface area contributed by atoms with E-state index in [1.165, 1.54) is 6.33 Å². The lowest BCUT2D eigenvalue weighted by molar-refractivity contribution is 0.129. The fourth-order valence-electron chi connectivity index (χ4n) is 2.63. The monoisotopic (exact) mass is 355 g/mol. The number of ether oxygens (including phenoxy) is 2. The van der Waals surface area contributed by atoms with Gasteiger partial charge >= 0.3 is 0 Å². The molecular weight excluding hydrogens is 330 g/mol. The Morgan fingerprint density at radius 2 is 2.00 bits per heavy atom. The molecule has 26 heavy (non-hydrogen) atoms. The van der Waals surface area contributed by atoms with Crippen LogP contribution in [0.25, 0.3) is 5.78 Å². The van der Waals surface area contributed by atoms with Crippen LogP contribution in [-0.4, -0.2) is 32.3 Å². The van der Waals surface area contributed by atoms with E-state index in [2.05, 4.69) is 45.5 Å². The molecule has 0 fully saturated rings. The molecule has 3 rings (SSSR count). The molecule has 0 unspecified atom stereocenters. The number of hydrogen-bond donors (Lipinski definition) is 1. The van der Waals surface area contributed by atoms with Crippen molar-refractivity contribution in [1.82, 2.24) is 19.6 Å². The molecule has 2 aromatic heterocycles. The second-order valence-electron chi connectivity index (χ2n) is 7.22. The van der Waals surface area contributed by atoms with Gasteiger partial charge in [0, 0.05) is 25.3 Å². The van der Waals surface area contributed by atoms with E-state index in [1.54, 1.807) is 11.6 Å². The minimum Gasteiger partial charge on any atom is -0.488 e. The molecule has 2 heterocycles. The highest BCUT2D eigenvalue weighted by atomic mass is 16.5. The number of nitrogens with one attached hydrogen (secondary N) is 1. The molecule has 0 spiro atoms. The molecule has 0 amide bonds. The number of aryl methyl sites for hydroxylation is 1. The molecule has 0 atom stereocenters. The van der Waals surface area contributed by atoms with Crippen molar-refractivity contribution in [2.24, 2.45) is 0 Å². The highest BCUT2D eigenvalue weighted by Crippen LogP contribution is 2.26. The Kier molecular flexibility index (Phi) is 5.08. The van der Waals surface area contributed by atoms with E-state index in [4.69, 9.17) is 9.47 Å². The summed E-state index contributed by atoms with van der Waals surface area (Å²) in [5.41, 5.74) is 2.77. The molecule has 1 N–H and O–H groups in total. The van der Waals surface area contributed by atoms with Crippen LogP contribution in [0, 0.1) is 6.92 Å². The Labute approximate surface area is 153 Å². The molecule has 0 aliphatic rings. The largest absolute Gasteiger partial charge is 0.488 e. The number of nitrogens with zero attached hydrogens (tertiary/aromatic N) is 4. The topological polar surface area (TPSA) is 73.6 Å². The highest BCUT2D eigenvalue weighted by Gasteiger charge is 2.15. The van der Waals surface area contributed by atoms with Gasteiger partial charge in [0.15, 0.2) is 0 Å². The highest BCUT2D eigenvalue weighted by molar-refractivity contribution is 5.47. The average Bonchev–Trinajstić information content (AvgIpc) is 3.01. The average molecular weight is 355 g/mol. The number of benzene rings is 1. The van der Waals surface area contributed by atoms with Crippen LogP contribution in [0.15, 0.2) is 30.6 Å². The maximum absolute atomic E-state index is 6.13. The minimum absolute atomic E-state index is 0.260. The van der Waals surface area contributed by atoms with Crippen LogP contribution in [0.2, 0.25) is 0 Å². The second kappa shape index (κ2) is 7.29. The van der Waals surface area contributed by atoms with E-state index in [9.17, 15) is 0 Å². The molecule has 0 saturated heterocycles. The summed E-state index contributed by atoms with van der Waals surface area (Å²) in [5, 5.41) is 7.66. The van der Waals surface area contributed by atoms with Crippen LogP contribution < -0.4 is 10.1 Å². The van der Waals surface area contributed by atoms with Crippen LogP contribution in [0.5, 0.6) is 5.75 Å². The first-order valence-electron chi connectivity index (χ1n) is 8.57. The van der Waals surface area contributed by atoms with E-state index in [-0.39, 0.29) is 5.60 Å². The molecule has 0 aliphatic heterocycles. The minimum atomic E-state index is -0.260. The van der Waals surface area contributed by atoms with Gasteiger partial charge in [0.1, 0.15) is 23.5 Å². The molecule has 7 nitrogen and oxygen atoms in total. The lowest BCUT2D eigenvalue weighted by Crippen LogP contribution is -2.24. The summed E-state index contributed by atoms with van der Waals surface area (Å²) in [7, 11) is 1.64. The van der Waals surface area contributed by atoms with E-state index in [1.807, 2.05) is 26.8 Å². The molecule has 3 aromatic rings. The molecular formula is C19H25N5O2. The summed E-state index contributed by atoms with van der Waals surface area (Å²) < 4.78 is 13.0. The van der Waals surface area contributed by atoms with Gasteiger partial charge in [0.2, 0.25) is 0 Å². The number of anilines is 1. The van der Waals surface area contributed by atoms with Crippen molar-refractivity contribution in [2.45, 2.75) is 46.4 Å². The Morgan fingerprint density at radius 1 is 1.19 bits per heavy atom. The third-order valence-electron chi connectivity index (χ3n) is 3.70.